The maximum Gasteiger partial charge on any atom is 0.220 e. The number of nitrogens with one attached hydrogen (secondary N) is 1. The number of nitrogen functional groups attached to an aromatic ring is 1. The predicted molar refractivity (Wildman–Crippen MR) is 118 cm³/mol. The van der Waals surface area contributed by atoms with E-state index in [9.17, 15) is 0 Å². The van der Waals surface area contributed by atoms with Gasteiger partial charge in [0.1, 0.15) is 17.0 Å². The maximum absolute atomic E-state index is 6.58. The van der Waals surface area contributed by atoms with E-state index in [0.29, 0.717) is 50.7 Å². The van der Waals surface area contributed by atoms with Gasteiger partial charge in [0.25, 0.3) is 0 Å². The summed E-state index contributed by atoms with van der Waals surface area (Å²) in [7, 11) is 3.05. The van der Waals surface area contributed by atoms with Crippen LogP contribution in [0.4, 0.5) is 11.8 Å². The molecule has 1 aromatic carbocycles. The number of methoxy groups -OCH3 is 2. The summed E-state index contributed by atoms with van der Waals surface area (Å²) in [4.78, 5) is 13.2. The molecule has 0 aliphatic rings. The number of ether oxygens (including phenoxy) is 2. The first kappa shape index (κ1) is 21.2. The fourth-order valence-corrected chi connectivity index (χ4v) is 3.46. The summed E-state index contributed by atoms with van der Waals surface area (Å²) in [5.74, 6) is 1.60. The van der Waals surface area contributed by atoms with E-state index in [1.54, 1.807) is 12.3 Å². The maximum atomic E-state index is 6.58. The fourth-order valence-electron chi connectivity index (χ4n) is 2.76. The van der Waals surface area contributed by atoms with Gasteiger partial charge >= 0.3 is 0 Å². The largest absolute Gasteiger partial charge is 0.495 e. The molecule has 0 radical (unpaired) electrons. The van der Waals surface area contributed by atoms with E-state index in [0.717, 1.165) is 5.39 Å². The van der Waals surface area contributed by atoms with Crippen molar-refractivity contribution in [2.75, 3.05) is 31.8 Å². The first-order valence-corrected chi connectivity index (χ1v) is 9.67. The second-order valence-electron chi connectivity index (χ2n) is 7.72. The molecule has 0 aliphatic carbocycles. The lowest BCUT2D eigenvalue weighted by Gasteiger charge is -2.20. The number of benzene rings is 1. The number of hydrogen-bond donors (Lipinski definition) is 2. The molecule has 154 valence electrons. The number of halogens is 2. The minimum atomic E-state index is 0.0249. The van der Waals surface area contributed by atoms with Crippen LogP contribution in [-0.2, 0) is 0 Å². The smallest absolute Gasteiger partial charge is 0.220 e. The number of nitrogens with zero attached hydrogens (tertiary/aromatic N) is 3. The van der Waals surface area contributed by atoms with Gasteiger partial charge in [0, 0.05) is 29.8 Å². The van der Waals surface area contributed by atoms with E-state index in [2.05, 4.69) is 36.1 Å². The van der Waals surface area contributed by atoms with Crippen LogP contribution in [0.25, 0.3) is 22.2 Å². The molecule has 3 N–H and O–H groups in total. The highest BCUT2D eigenvalue weighted by molar-refractivity contribution is 6.41. The van der Waals surface area contributed by atoms with Gasteiger partial charge < -0.3 is 20.5 Å². The third-order valence-corrected chi connectivity index (χ3v) is 4.95. The molecule has 3 aromatic rings. The van der Waals surface area contributed by atoms with Crippen LogP contribution < -0.4 is 20.5 Å². The summed E-state index contributed by atoms with van der Waals surface area (Å²) in [5, 5.41) is 4.77. The monoisotopic (exact) mass is 435 g/mol. The summed E-state index contributed by atoms with van der Waals surface area (Å²) >= 11 is 13.2. The zero-order valence-corrected chi connectivity index (χ0v) is 18.4. The molecule has 2 aromatic heterocycles. The third-order valence-electron chi connectivity index (χ3n) is 4.20. The van der Waals surface area contributed by atoms with E-state index < -0.39 is 0 Å². The first-order chi connectivity index (χ1) is 13.6. The molecule has 2 heterocycles. The molecule has 0 saturated carbocycles. The van der Waals surface area contributed by atoms with Crippen molar-refractivity contribution in [1.82, 2.24) is 15.0 Å². The normalized spacial score (nSPS) is 11.6. The Morgan fingerprint density at radius 2 is 1.66 bits per heavy atom. The first-order valence-electron chi connectivity index (χ1n) is 8.92. The number of nitrogens with two attached hydrogens (primary N) is 1. The summed E-state index contributed by atoms with van der Waals surface area (Å²) < 4.78 is 10.8. The molecule has 0 fully saturated rings. The van der Waals surface area contributed by atoms with E-state index in [1.165, 1.54) is 14.2 Å². The zero-order chi connectivity index (χ0) is 21.3. The van der Waals surface area contributed by atoms with Crippen LogP contribution in [0.15, 0.2) is 18.3 Å². The van der Waals surface area contributed by atoms with Crippen molar-refractivity contribution in [2.45, 2.75) is 20.8 Å². The van der Waals surface area contributed by atoms with Crippen molar-refractivity contribution in [3.63, 3.8) is 0 Å². The van der Waals surface area contributed by atoms with E-state index >= 15 is 0 Å². The number of rotatable bonds is 5. The Hall–Kier alpha value is -2.51. The van der Waals surface area contributed by atoms with Crippen LogP contribution in [0, 0.1) is 5.41 Å². The van der Waals surface area contributed by atoms with E-state index in [-0.39, 0.29) is 11.4 Å². The molecule has 0 saturated heterocycles. The lowest BCUT2D eigenvalue weighted by Crippen LogP contribution is -2.20. The minimum Gasteiger partial charge on any atom is -0.495 e. The molecular formula is C20H23Cl2N5O2. The van der Waals surface area contributed by atoms with E-state index in [1.807, 2.05) is 6.07 Å². The van der Waals surface area contributed by atoms with Gasteiger partial charge in [0.2, 0.25) is 5.95 Å². The Kier molecular flexibility index (Phi) is 5.91. The van der Waals surface area contributed by atoms with Crippen LogP contribution in [0.2, 0.25) is 10.0 Å². The average Bonchev–Trinajstić information content (AvgIpc) is 2.66. The molecule has 0 bridgehead atoms. The van der Waals surface area contributed by atoms with Gasteiger partial charge in [0.05, 0.1) is 30.0 Å². The predicted octanol–water partition coefficient (Wildman–Crippen LogP) is 5.06. The Balaban J connectivity index is 2.27. The standard InChI is InChI=1S/C20H23Cl2N5O2/c1-20(2,3)9-25-18-17-10(8-24-19(23)27-17)6-11(26-18)14-15(21)12(28-4)7-13(29-5)16(14)22/h6-8H,9H2,1-5H3,(H,25,26)(H2,23,24,27). The van der Waals surface area contributed by atoms with Gasteiger partial charge in [-0.15, -0.1) is 0 Å². The highest BCUT2D eigenvalue weighted by atomic mass is 35.5. The van der Waals surface area contributed by atoms with Gasteiger partial charge in [-0.1, -0.05) is 44.0 Å². The number of anilines is 2. The van der Waals surface area contributed by atoms with Crippen molar-refractivity contribution in [3.05, 3.63) is 28.4 Å². The molecule has 0 aliphatic heterocycles. The van der Waals surface area contributed by atoms with Crippen molar-refractivity contribution in [3.8, 4) is 22.8 Å². The van der Waals surface area contributed by atoms with Crippen LogP contribution in [0.1, 0.15) is 20.8 Å². The van der Waals surface area contributed by atoms with Crippen LogP contribution >= 0.6 is 23.2 Å². The number of aromatic nitrogens is 3. The zero-order valence-electron chi connectivity index (χ0n) is 16.9. The second kappa shape index (κ2) is 8.08. The van der Waals surface area contributed by atoms with Crippen molar-refractivity contribution in [2.24, 2.45) is 5.41 Å². The number of hydrogen-bond acceptors (Lipinski definition) is 7. The number of fused-ring (bicyclic) bond motifs is 1. The van der Waals surface area contributed by atoms with Crippen molar-refractivity contribution < 1.29 is 9.47 Å². The van der Waals surface area contributed by atoms with Gasteiger partial charge in [-0.25, -0.2) is 15.0 Å². The molecule has 0 unspecified atom stereocenters. The van der Waals surface area contributed by atoms with Crippen molar-refractivity contribution in [1.29, 1.82) is 0 Å². The fraction of sp³-hybridized carbons (Fsp3) is 0.350. The van der Waals surface area contributed by atoms with Crippen molar-refractivity contribution >= 4 is 45.9 Å². The molecule has 3 rings (SSSR count). The molecular weight excluding hydrogens is 413 g/mol. The summed E-state index contributed by atoms with van der Waals surface area (Å²) in [6, 6.07) is 3.45. The molecule has 29 heavy (non-hydrogen) atoms. The Labute approximate surface area is 179 Å². The van der Waals surface area contributed by atoms with Gasteiger partial charge in [-0.3, -0.25) is 0 Å². The summed E-state index contributed by atoms with van der Waals surface area (Å²) in [6.07, 6.45) is 1.64. The Bertz CT molecular complexity index is 1040. The highest BCUT2D eigenvalue weighted by Gasteiger charge is 2.22. The lowest BCUT2D eigenvalue weighted by atomic mass is 9.97. The second-order valence-corrected chi connectivity index (χ2v) is 8.48. The molecule has 0 spiro atoms. The lowest BCUT2D eigenvalue weighted by molar-refractivity contribution is 0.395. The van der Waals surface area contributed by atoms with Crippen LogP contribution in [0.3, 0.4) is 0 Å². The van der Waals surface area contributed by atoms with Gasteiger partial charge in [-0.2, -0.15) is 0 Å². The van der Waals surface area contributed by atoms with Crippen LogP contribution in [0.5, 0.6) is 11.5 Å². The average molecular weight is 436 g/mol. The topological polar surface area (TPSA) is 95.2 Å². The quantitative estimate of drug-likeness (QED) is 0.578. The summed E-state index contributed by atoms with van der Waals surface area (Å²) in [6.45, 7) is 7.04. The van der Waals surface area contributed by atoms with Crippen LogP contribution in [-0.4, -0.2) is 35.7 Å². The molecule has 0 amide bonds. The molecule has 7 nitrogen and oxygen atoms in total. The Morgan fingerprint density at radius 1 is 1.03 bits per heavy atom. The Morgan fingerprint density at radius 3 is 2.21 bits per heavy atom. The summed E-state index contributed by atoms with van der Waals surface area (Å²) in [5.41, 5.74) is 7.48. The SMILES string of the molecule is COc1cc(OC)c(Cl)c(-c2cc3cnc(N)nc3c(NCC(C)(C)C)n2)c1Cl. The molecule has 0 atom stereocenters. The van der Waals surface area contributed by atoms with Gasteiger partial charge in [-0.05, 0) is 11.5 Å². The van der Waals surface area contributed by atoms with Gasteiger partial charge in [0.15, 0.2) is 5.82 Å². The molecule has 9 heteroatoms. The number of pyridine rings is 1. The van der Waals surface area contributed by atoms with E-state index in [4.69, 9.17) is 43.4 Å². The minimum absolute atomic E-state index is 0.0249. The third kappa shape index (κ3) is 4.41. The highest BCUT2D eigenvalue weighted by Crippen LogP contribution is 2.46.